The average molecular weight is 530 g/mol. The summed E-state index contributed by atoms with van der Waals surface area (Å²) in [6.45, 7) is 3.01. The van der Waals surface area contributed by atoms with Gasteiger partial charge in [-0.15, -0.1) is 0 Å². The van der Waals surface area contributed by atoms with E-state index in [4.69, 9.17) is 9.47 Å². The molecule has 0 spiro atoms. The van der Waals surface area contributed by atoms with Gasteiger partial charge in [0.15, 0.2) is 11.5 Å². The molecule has 4 rings (SSSR count). The normalized spacial score (nSPS) is 16.4. The maximum atomic E-state index is 13.0. The third-order valence-electron chi connectivity index (χ3n) is 6.13. The van der Waals surface area contributed by atoms with Crippen molar-refractivity contribution in [2.75, 3.05) is 45.0 Å². The van der Waals surface area contributed by atoms with E-state index in [1.54, 1.807) is 49.6 Å². The second-order valence-corrected chi connectivity index (χ2v) is 10.8. The molecule has 3 aromatic rings. The lowest BCUT2D eigenvalue weighted by molar-refractivity contribution is -0.121. The summed E-state index contributed by atoms with van der Waals surface area (Å²) >= 11 is 0. The van der Waals surface area contributed by atoms with Crippen LogP contribution in [0.5, 0.6) is 11.5 Å². The van der Waals surface area contributed by atoms with E-state index < -0.39 is 16.1 Å². The number of anilines is 1. The fourth-order valence-electron chi connectivity index (χ4n) is 4.26. The number of aromatic nitrogens is 4. The molecule has 1 aliphatic heterocycles. The summed E-state index contributed by atoms with van der Waals surface area (Å²) in [6.07, 6.45) is 6.27. The first-order valence-electron chi connectivity index (χ1n) is 11.7. The third-order valence-corrected chi connectivity index (χ3v) is 7.40. The molecule has 0 aliphatic carbocycles. The average Bonchev–Trinajstić information content (AvgIpc) is 3.41. The van der Waals surface area contributed by atoms with Gasteiger partial charge >= 0.3 is 0 Å². The second kappa shape index (κ2) is 11.1. The maximum absolute atomic E-state index is 13.0. The zero-order valence-electron chi connectivity index (χ0n) is 21.3. The van der Waals surface area contributed by atoms with Crippen LogP contribution in [0.2, 0.25) is 0 Å². The number of aryl methyl sites for hydroxylation is 1. The number of piperazine rings is 1. The predicted molar refractivity (Wildman–Crippen MR) is 137 cm³/mol. The lowest BCUT2D eigenvalue weighted by atomic mass is 10.1. The maximum Gasteiger partial charge on any atom is 0.237 e. The van der Waals surface area contributed by atoms with Gasteiger partial charge in [-0.25, -0.2) is 18.4 Å². The van der Waals surface area contributed by atoms with Crippen LogP contribution in [0.25, 0.3) is 5.95 Å². The van der Waals surface area contributed by atoms with Crippen LogP contribution < -0.4 is 19.7 Å². The number of benzene rings is 1. The summed E-state index contributed by atoms with van der Waals surface area (Å²) in [5.74, 6) is 2.05. The Kier molecular flexibility index (Phi) is 7.93. The van der Waals surface area contributed by atoms with Crippen LogP contribution in [0, 0.1) is 6.92 Å². The topological polar surface area (TPSA) is 132 Å². The number of carbonyl (C=O) groups excluding carboxylic acids is 1. The number of rotatable bonds is 9. The van der Waals surface area contributed by atoms with Crippen molar-refractivity contribution in [2.24, 2.45) is 0 Å². The van der Waals surface area contributed by atoms with Crippen molar-refractivity contribution in [1.29, 1.82) is 0 Å². The predicted octanol–water partition coefficient (Wildman–Crippen LogP) is 1.14. The standard InChI is InChI=1S/C24H31N7O5S/c1-17-11-22(28-24(27-17)29-8-7-25-16-29)31-10-9-30(37(4,33)34)15-19(31)13-23(32)26-14-18-5-6-20(35-2)21(12-18)36-3/h5-8,11-12,16,19H,9-10,13-15H2,1-4H3,(H,26,32). The number of nitrogens with zero attached hydrogens (tertiary/aromatic N) is 6. The monoisotopic (exact) mass is 529 g/mol. The first kappa shape index (κ1) is 26.4. The highest BCUT2D eigenvalue weighted by molar-refractivity contribution is 7.88. The number of methoxy groups -OCH3 is 2. The highest BCUT2D eigenvalue weighted by Crippen LogP contribution is 2.28. The van der Waals surface area contributed by atoms with Crippen LogP contribution >= 0.6 is 0 Å². The van der Waals surface area contributed by atoms with Gasteiger partial charge in [-0.2, -0.15) is 9.29 Å². The van der Waals surface area contributed by atoms with Crippen molar-refractivity contribution in [1.82, 2.24) is 29.1 Å². The summed E-state index contributed by atoms with van der Waals surface area (Å²) in [4.78, 5) is 28.2. The van der Waals surface area contributed by atoms with Gasteiger partial charge in [0, 0.05) is 56.8 Å². The molecule has 1 saturated heterocycles. The third kappa shape index (κ3) is 6.35. The fourth-order valence-corrected chi connectivity index (χ4v) is 5.11. The Morgan fingerprint density at radius 3 is 2.59 bits per heavy atom. The number of ether oxygens (including phenoxy) is 2. The smallest absolute Gasteiger partial charge is 0.237 e. The summed E-state index contributed by atoms with van der Waals surface area (Å²) in [7, 11) is -0.301. The molecule has 12 nitrogen and oxygen atoms in total. The van der Waals surface area contributed by atoms with E-state index in [2.05, 4.69) is 20.3 Å². The Hall–Kier alpha value is -3.71. The zero-order chi connectivity index (χ0) is 26.6. The van der Waals surface area contributed by atoms with Crippen molar-refractivity contribution in [2.45, 2.75) is 25.9 Å². The van der Waals surface area contributed by atoms with E-state index in [1.807, 2.05) is 24.0 Å². The molecule has 0 saturated carbocycles. The van der Waals surface area contributed by atoms with Gasteiger partial charge in [-0.1, -0.05) is 6.07 Å². The SMILES string of the molecule is COc1ccc(CNC(=O)CC2CN(S(C)(=O)=O)CCN2c2cc(C)nc(-n3ccnc3)n2)cc1OC. The molecule has 1 amide bonds. The van der Waals surface area contributed by atoms with Crippen molar-refractivity contribution in [3.8, 4) is 17.4 Å². The Bertz CT molecular complexity index is 1350. The molecule has 0 radical (unpaired) electrons. The minimum Gasteiger partial charge on any atom is -0.493 e. The van der Waals surface area contributed by atoms with Crippen LogP contribution in [-0.4, -0.2) is 84.3 Å². The molecule has 1 aromatic carbocycles. The molecule has 1 atom stereocenters. The first-order chi connectivity index (χ1) is 17.7. The van der Waals surface area contributed by atoms with Gasteiger partial charge < -0.3 is 19.7 Å². The molecule has 13 heteroatoms. The van der Waals surface area contributed by atoms with E-state index in [-0.39, 0.29) is 18.9 Å². The molecule has 37 heavy (non-hydrogen) atoms. The fraction of sp³-hybridized carbons (Fsp3) is 0.417. The highest BCUT2D eigenvalue weighted by Gasteiger charge is 2.33. The number of imidazole rings is 1. The van der Waals surface area contributed by atoms with Gasteiger partial charge in [-0.3, -0.25) is 9.36 Å². The van der Waals surface area contributed by atoms with E-state index in [1.165, 1.54) is 10.6 Å². The lowest BCUT2D eigenvalue weighted by Gasteiger charge is -2.41. The Labute approximate surface area is 216 Å². The Balaban J connectivity index is 1.53. The Morgan fingerprint density at radius 1 is 1.14 bits per heavy atom. The molecule has 1 aliphatic rings. The van der Waals surface area contributed by atoms with Gasteiger partial charge in [0.05, 0.1) is 26.5 Å². The van der Waals surface area contributed by atoms with Gasteiger partial charge in [0.1, 0.15) is 12.1 Å². The number of nitrogens with one attached hydrogen (secondary N) is 1. The number of sulfonamides is 1. The molecule has 198 valence electrons. The van der Waals surface area contributed by atoms with Gasteiger partial charge in [-0.05, 0) is 24.6 Å². The van der Waals surface area contributed by atoms with Crippen LogP contribution in [0.1, 0.15) is 17.7 Å². The molecular weight excluding hydrogens is 498 g/mol. The van der Waals surface area contributed by atoms with E-state index >= 15 is 0 Å². The number of amides is 1. The van der Waals surface area contributed by atoms with Crippen molar-refractivity contribution in [3.63, 3.8) is 0 Å². The number of hydrogen-bond donors (Lipinski definition) is 1. The quantitative estimate of drug-likeness (QED) is 0.433. The summed E-state index contributed by atoms with van der Waals surface area (Å²) in [5.41, 5.74) is 1.59. The molecule has 1 unspecified atom stereocenters. The lowest BCUT2D eigenvalue weighted by Crippen LogP contribution is -2.56. The molecule has 3 heterocycles. The van der Waals surface area contributed by atoms with Crippen molar-refractivity contribution in [3.05, 3.63) is 54.2 Å². The first-order valence-corrected chi connectivity index (χ1v) is 13.6. The highest BCUT2D eigenvalue weighted by atomic mass is 32.2. The number of hydrogen-bond acceptors (Lipinski definition) is 9. The molecule has 1 N–H and O–H groups in total. The molecular formula is C24H31N7O5S. The van der Waals surface area contributed by atoms with Crippen LogP contribution in [0.15, 0.2) is 43.0 Å². The summed E-state index contributed by atoms with van der Waals surface area (Å²) in [5, 5.41) is 2.93. The molecule has 1 fully saturated rings. The Morgan fingerprint density at radius 2 is 1.92 bits per heavy atom. The van der Waals surface area contributed by atoms with Crippen molar-refractivity contribution >= 4 is 21.7 Å². The minimum absolute atomic E-state index is 0.0861. The molecule has 0 bridgehead atoms. The largest absolute Gasteiger partial charge is 0.493 e. The van der Waals surface area contributed by atoms with E-state index in [9.17, 15) is 13.2 Å². The minimum atomic E-state index is -3.42. The van der Waals surface area contributed by atoms with Crippen LogP contribution in [0.3, 0.4) is 0 Å². The van der Waals surface area contributed by atoms with Crippen molar-refractivity contribution < 1.29 is 22.7 Å². The van der Waals surface area contributed by atoms with Gasteiger partial charge in [0.25, 0.3) is 0 Å². The van der Waals surface area contributed by atoms with Crippen LogP contribution in [-0.2, 0) is 21.4 Å². The van der Waals surface area contributed by atoms with Crippen LogP contribution in [0.4, 0.5) is 5.82 Å². The van der Waals surface area contributed by atoms with E-state index in [0.29, 0.717) is 42.9 Å². The van der Waals surface area contributed by atoms with Gasteiger partial charge in [0.2, 0.25) is 21.9 Å². The molecule has 2 aromatic heterocycles. The summed E-state index contributed by atoms with van der Waals surface area (Å²) < 4.78 is 38.3. The number of carbonyl (C=O) groups is 1. The second-order valence-electron chi connectivity index (χ2n) is 8.78. The zero-order valence-corrected chi connectivity index (χ0v) is 22.1. The van der Waals surface area contributed by atoms with E-state index in [0.717, 1.165) is 11.3 Å². The summed E-state index contributed by atoms with van der Waals surface area (Å²) in [6, 6.07) is 6.85.